The molecular formula is C26H18N2O4. The van der Waals surface area contributed by atoms with Crippen molar-refractivity contribution in [3.63, 3.8) is 0 Å². The first-order chi connectivity index (χ1) is 15.6. The van der Waals surface area contributed by atoms with Crippen molar-refractivity contribution < 1.29 is 19.1 Å². The third-order valence-corrected chi connectivity index (χ3v) is 4.59. The largest absolute Gasteiger partial charge is 0.482 e. The van der Waals surface area contributed by atoms with E-state index in [4.69, 9.17) is 14.3 Å². The molecule has 32 heavy (non-hydrogen) atoms. The first kappa shape index (κ1) is 20.6. The third-order valence-electron chi connectivity index (χ3n) is 4.59. The minimum atomic E-state index is -1.06. The van der Waals surface area contributed by atoms with Crippen molar-refractivity contribution in [2.75, 3.05) is 6.61 Å². The Bertz CT molecular complexity index is 1250. The van der Waals surface area contributed by atoms with E-state index in [1.165, 1.54) is 0 Å². The maximum Gasteiger partial charge on any atom is 0.341 e. The van der Waals surface area contributed by atoms with Crippen LogP contribution < -0.4 is 4.74 Å². The normalized spacial score (nSPS) is 11.0. The standard InChI is InChI=1S/C26H18N2O4/c27-16-21(14-18-8-7-13-22(15-18)31-17-23(29)30)26-28-24(19-9-3-1-4-10-19)25(32-26)20-11-5-2-6-12-20/h1-15H,17H2,(H,29,30). The van der Waals surface area contributed by atoms with Crippen LogP contribution >= 0.6 is 0 Å². The topological polar surface area (TPSA) is 96.3 Å². The quantitative estimate of drug-likeness (QED) is 0.393. The number of nitrogens with zero attached hydrogens (tertiary/aromatic N) is 2. The van der Waals surface area contributed by atoms with E-state index in [2.05, 4.69) is 11.1 Å². The van der Waals surface area contributed by atoms with Crippen LogP contribution in [0, 0.1) is 11.3 Å². The Morgan fingerprint density at radius 2 is 1.69 bits per heavy atom. The summed E-state index contributed by atoms with van der Waals surface area (Å²) in [4.78, 5) is 15.4. The fourth-order valence-corrected chi connectivity index (χ4v) is 3.16. The van der Waals surface area contributed by atoms with Crippen LogP contribution in [0.15, 0.2) is 89.3 Å². The average Bonchev–Trinajstić information content (AvgIpc) is 3.28. The van der Waals surface area contributed by atoms with E-state index in [1.54, 1.807) is 30.3 Å². The van der Waals surface area contributed by atoms with Crippen LogP contribution in [-0.2, 0) is 4.79 Å². The Kier molecular flexibility index (Phi) is 6.10. The van der Waals surface area contributed by atoms with Gasteiger partial charge in [-0.05, 0) is 23.8 Å². The summed E-state index contributed by atoms with van der Waals surface area (Å²) in [6.45, 7) is -0.446. The zero-order valence-electron chi connectivity index (χ0n) is 16.9. The monoisotopic (exact) mass is 422 g/mol. The summed E-state index contributed by atoms with van der Waals surface area (Å²) >= 11 is 0. The number of aliphatic carboxylic acids is 1. The van der Waals surface area contributed by atoms with Crippen molar-refractivity contribution in [3.8, 4) is 34.4 Å². The first-order valence-corrected chi connectivity index (χ1v) is 9.82. The number of ether oxygens (including phenoxy) is 1. The molecule has 1 heterocycles. The second-order valence-electron chi connectivity index (χ2n) is 6.85. The van der Waals surface area contributed by atoms with E-state index < -0.39 is 12.6 Å². The Morgan fingerprint density at radius 3 is 2.34 bits per heavy atom. The van der Waals surface area contributed by atoms with Gasteiger partial charge >= 0.3 is 5.97 Å². The predicted octanol–water partition coefficient (Wildman–Crippen LogP) is 5.54. The number of carboxylic acid groups (broad SMARTS) is 1. The van der Waals surface area contributed by atoms with Gasteiger partial charge in [0.05, 0.1) is 0 Å². The number of carbonyl (C=O) groups is 1. The van der Waals surface area contributed by atoms with Gasteiger partial charge in [0.25, 0.3) is 0 Å². The molecular weight excluding hydrogens is 404 g/mol. The Balaban J connectivity index is 1.75. The Hall–Kier alpha value is -4.63. The summed E-state index contributed by atoms with van der Waals surface area (Å²) in [6.07, 6.45) is 1.63. The van der Waals surface area contributed by atoms with E-state index in [9.17, 15) is 10.1 Å². The maximum atomic E-state index is 10.7. The molecule has 0 radical (unpaired) electrons. The van der Waals surface area contributed by atoms with Gasteiger partial charge in [0.1, 0.15) is 23.1 Å². The molecule has 3 aromatic carbocycles. The van der Waals surface area contributed by atoms with Crippen LogP contribution in [0.25, 0.3) is 34.2 Å². The summed E-state index contributed by atoms with van der Waals surface area (Å²) < 4.78 is 11.3. The van der Waals surface area contributed by atoms with Crippen molar-refractivity contribution in [1.82, 2.24) is 4.98 Å². The molecule has 6 heteroatoms. The molecule has 0 aliphatic carbocycles. The van der Waals surface area contributed by atoms with Crippen LogP contribution in [0.3, 0.4) is 0 Å². The molecule has 0 aliphatic rings. The van der Waals surface area contributed by atoms with Gasteiger partial charge in [-0.15, -0.1) is 0 Å². The molecule has 0 saturated heterocycles. The van der Waals surface area contributed by atoms with E-state index in [0.29, 0.717) is 22.8 Å². The molecule has 6 nitrogen and oxygen atoms in total. The van der Waals surface area contributed by atoms with Crippen LogP contribution in [0.4, 0.5) is 0 Å². The lowest BCUT2D eigenvalue weighted by molar-refractivity contribution is -0.139. The number of nitriles is 1. The minimum absolute atomic E-state index is 0.196. The van der Waals surface area contributed by atoms with E-state index >= 15 is 0 Å². The van der Waals surface area contributed by atoms with Gasteiger partial charge in [-0.2, -0.15) is 5.26 Å². The Labute approximate surface area is 184 Å². The molecule has 0 amide bonds. The molecule has 4 aromatic rings. The van der Waals surface area contributed by atoms with Gasteiger partial charge in [0.15, 0.2) is 12.4 Å². The van der Waals surface area contributed by atoms with Crippen molar-refractivity contribution in [2.24, 2.45) is 0 Å². The van der Waals surface area contributed by atoms with Gasteiger partial charge in [0, 0.05) is 11.1 Å². The molecule has 0 unspecified atom stereocenters. The number of oxazole rings is 1. The highest BCUT2D eigenvalue weighted by Gasteiger charge is 2.19. The highest BCUT2D eigenvalue weighted by atomic mass is 16.5. The van der Waals surface area contributed by atoms with Gasteiger partial charge in [0.2, 0.25) is 5.89 Å². The average molecular weight is 422 g/mol. The SMILES string of the molecule is N#CC(=Cc1cccc(OCC(=O)O)c1)c1nc(-c2ccccc2)c(-c2ccccc2)o1. The third kappa shape index (κ3) is 4.74. The fraction of sp³-hybridized carbons (Fsp3) is 0.0385. The van der Waals surface area contributed by atoms with Crippen LogP contribution in [-0.4, -0.2) is 22.7 Å². The number of rotatable bonds is 7. The molecule has 0 bridgehead atoms. The second kappa shape index (κ2) is 9.45. The summed E-state index contributed by atoms with van der Waals surface area (Å²) in [5.74, 6) is 0.0969. The van der Waals surface area contributed by atoms with E-state index in [-0.39, 0.29) is 11.5 Å². The summed E-state index contributed by atoms with van der Waals surface area (Å²) in [7, 11) is 0. The number of aromatic nitrogens is 1. The minimum Gasteiger partial charge on any atom is -0.482 e. The van der Waals surface area contributed by atoms with Crippen LogP contribution in [0.2, 0.25) is 0 Å². The van der Waals surface area contributed by atoms with Gasteiger partial charge in [-0.1, -0.05) is 72.8 Å². The number of allylic oxidation sites excluding steroid dienone is 1. The fourth-order valence-electron chi connectivity index (χ4n) is 3.16. The Morgan fingerprint density at radius 1 is 1.00 bits per heavy atom. The molecule has 0 aliphatic heterocycles. The van der Waals surface area contributed by atoms with E-state index in [0.717, 1.165) is 11.1 Å². The van der Waals surface area contributed by atoms with Crippen molar-refractivity contribution in [2.45, 2.75) is 0 Å². The van der Waals surface area contributed by atoms with Crippen molar-refractivity contribution in [3.05, 3.63) is 96.4 Å². The molecule has 4 rings (SSSR count). The molecule has 1 N–H and O–H groups in total. The lowest BCUT2D eigenvalue weighted by Crippen LogP contribution is -2.09. The smallest absolute Gasteiger partial charge is 0.341 e. The zero-order valence-corrected chi connectivity index (χ0v) is 16.9. The summed E-state index contributed by atoms with van der Waals surface area (Å²) in [5, 5.41) is 18.6. The number of hydrogen-bond acceptors (Lipinski definition) is 5. The van der Waals surface area contributed by atoms with E-state index in [1.807, 2.05) is 60.7 Å². The molecule has 0 atom stereocenters. The number of hydrogen-bond donors (Lipinski definition) is 1. The first-order valence-electron chi connectivity index (χ1n) is 9.82. The highest BCUT2D eigenvalue weighted by Crippen LogP contribution is 2.34. The number of carboxylic acids is 1. The second-order valence-corrected chi connectivity index (χ2v) is 6.85. The van der Waals surface area contributed by atoms with Gasteiger partial charge in [-0.3, -0.25) is 0 Å². The lowest BCUT2D eigenvalue weighted by Gasteiger charge is -2.03. The zero-order chi connectivity index (χ0) is 22.3. The molecule has 0 saturated carbocycles. The number of benzene rings is 3. The van der Waals surface area contributed by atoms with Crippen LogP contribution in [0.1, 0.15) is 11.5 Å². The van der Waals surface area contributed by atoms with Gasteiger partial charge < -0.3 is 14.3 Å². The van der Waals surface area contributed by atoms with Crippen molar-refractivity contribution in [1.29, 1.82) is 5.26 Å². The molecule has 156 valence electrons. The maximum absolute atomic E-state index is 10.7. The predicted molar refractivity (Wildman–Crippen MR) is 120 cm³/mol. The lowest BCUT2D eigenvalue weighted by atomic mass is 10.1. The summed E-state index contributed by atoms with van der Waals surface area (Å²) in [6, 6.07) is 28.2. The van der Waals surface area contributed by atoms with Gasteiger partial charge in [-0.25, -0.2) is 9.78 Å². The van der Waals surface area contributed by atoms with Crippen LogP contribution in [0.5, 0.6) is 5.75 Å². The summed E-state index contributed by atoms with van der Waals surface area (Å²) in [5.41, 5.74) is 3.27. The molecule has 0 fully saturated rings. The van der Waals surface area contributed by atoms with Crippen molar-refractivity contribution >= 4 is 17.6 Å². The highest BCUT2D eigenvalue weighted by molar-refractivity contribution is 5.89. The molecule has 1 aromatic heterocycles. The molecule has 0 spiro atoms.